The molecule has 0 radical (unpaired) electrons. The number of alkyl halides is 8. The number of hydrogen-bond acceptors (Lipinski definition) is 4. The highest BCUT2D eigenvalue weighted by Gasteiger charge is 2.75. The Morgan fingerprint density at radius 2 is 1.40 bits per heavy atom. The van der Waals surface area contributed by atoms with E-state index in [4.69, 9.17) is 0 Å². The van der Waals surface area contributed by atoms with Crippen LogP contribution in [0.15, 0.2) is 0 Å². The van der Waals surface area contributed by atoms with Crippen LogP contribution in [0.1, 0.15) is 32.6 Å². The van der Waals surface area contributed by atoms with E-state index in [1.165, 1.54) is 0 Å². The molecule has 148 valence electrons. The van der Waals surface area contributed by atoms with Gasteiger partial charge < -0.3 is 9.47 Å². The third-order valence-electron chi connectivity index (χ3n) is 2.80. The molecule has 0 saturated carbocycles. The third-order valence-corrected chi connectivity index (χ3v) is 2.80. The van der Waals surface area contributed by atoms with Crippen LogP contribution in [0.4, 0.5) is 35.1 Å². The SMILES string of the molecule is CCCOC(=O)CCCC(=O)OCC(F)(F)C(F)(F)C(F)(F)C(F)F. The molecule has 0 rings (SSSR count). The Labute approximate surface area is 137 Å². The maximum absolute atomic E-state index is 13.1. The van der Waals surface area contributed by atoms with E-state index in [1.807, 2.05) is 0 Å². The van der Waals surface area contributed by atoms with Crippen LogP contribution in [0.3, 0.4) is 0 Å². The van der Waals surface area contributed by atoms with Gasteiger partial charge in [0.15, 0.2) is 6.61 Å². The zero-order valence-corrected chi connectivity index (χ0v) is 13.0. The van der Waals surface area contributed by atoms with Crippen LogP contribution in [0.5, 0.6) is 0 Å². The maximum atomic E-state index is 13.1. The Morgan fingerprint density at radius 1 is 0.920 bits per heavy atom. The highest BCUT2D eigenvalue weighted by Crippen LogP contribution is 2.48. The van der Waals surface area contributed by atoms with Gasteiger partial charge in [-0.1, -0.05) is 6.92 Å². The average Bonchev–Trinajstić information content (AvgIpc) is 2.50. The van der Waals surface area contributed by atoms with Crippen LogP contribution in [-0.2, 0) is 19.1 Å². The molecule has 0 bridgehead atoms. The van der Waals surface area contributed by atoms with Crippen molar-refractivity contribution in [3.8, 4) is 0 Å². The molecule has 12 heteroatoms. The van der Waals surface area contributed by atoms with Crippen molar-refractivity contribution >= 4 is 11.9 Å². The Hall–Kier alpha value is -1.62. The summed E-state index contributed by atoms with van der Waals surface area (Å²) in [5.41, 5.74) is 0. The van der Waals surface area contributed by atoms with Gasteiger partial charge in [-0.15, -0.1) is 0 Å². The van der Waals surface area contributed by atoms with Crippen LogP contribution in [0.2, 0.25) is 0 Å². The molecular formula is C13H16F8O4. The van der Waals surface area contributed by atoms with Gasteiger partial charge in [0.2, 0.25) is 0 Å². The lowest BCUT2D eigenvalue weighted by Crippen LogP contribution is -2.59. The van der Waals surface area contributed by atoms with Gasteiger partial charge in [0.25, 0.3) is 0 Å². The highest BCUT2D eigenvalue weighted by molar-refractivity contribution is 5.72. The smallest absolute Gasteiger partial charge is 0.381 e. The first-order chi connectivity index (χ1) is 11.3. The molecule has 0 heterocycles. The Morgan fingerprint density at radius 3 is 1.84 bits per heavy atom. The molecule has 0 aromatic heterocycles. The molecular weight excluding hydrogens is 372 g/mol. The number of carbonyl (C=O) groups excluding carboxylic acids is 2. The van der Waals surface area contributed by atoms with Gasteiger partial charge in [-0.2, -0.15) is 26.3 Å². The van der Waals surface area contributed by atoms with E-state index >= 15 is 0 Å². The minimum absolute atomic E-state index is 0.128. The predicted molar refractivity (Wildman–Crippen MR) is 66.9 cm³/mol. The molecule has 0 aliphatic heterocycles. The normalized spacial score (nSPS) is 13.0. The van der Waals surface area contributed by atoms with E-state index < -0.39 is 49.2 Å². The van der Waals surface area contributed by atoms with Gasteiger partial charge in [-0.3, -0.25) is 9.59 Å². The van der Waals surface area contributed by atoms with E-state index in [9.17, 15) is 44.7 Å². The minimum atomic E-state index is -6.43. The number of ether oxygens (including phenoxy) is 2. The summed E-state index contributed by atoms with van der Waals surface area (Å²) in [6.07, 6.45) is -5.67. The second-order valence-electron chi connectivity index (χ2n) is 4.94. The topological polar surface area (TPSA) is 52.6 Å². The van der Waals surface area contributed by atoms with Gasteiger partial charge in [-0.25, -0.2) is 8.78 Å². The Balaban J connectivity index is 4.49. The largest absolute Gasteiger partial charge is 0.466 e. The molecule has 0 unspecified atom stereocenters. The molecule has 0 amide bonds. The van der Waals surface area contributed by atoms with Crippen LogP contribution in [0, 0.1) is 0 Å². The molecule has 4 nitrogen and oxygen atoms in total. The van der Waals surface area contributed by atoms with Crippen molar-refractivity contribution in [2.24, 2.45) is 0 Å². The van der Waals surface area contributed by atoms with Crippen LogP contribution < -0.4 is 0 Å². The summed E-state index contributed by atoms with van der Waals surface area (Å²) in [5, 5.41) is 0. The van der Waals surface area contributed by atoms with Crippen molar-refractivity contribution < 1.29 is 54.2 Å². The summed E-state index contributed by atoms with van der Waals surface area (Å²) in [6, 6.07) is 0. The standard InChI is InChI=1S/C13H16F8O4/c1-2-6-24-8(22)4-3-5-9(23)25-7-11(16,17)13(20,21)12(18,19)10(14)15/h10H,2-7H2,1H3. The van der Waals surface area contributed by atoms with E-state index in [2.05, 4.69) is 9.47 Å². The molecule has 0 aromatic carbocycles. The van der Waals surface area contributed by atoms with Gasteiger partial charge >= 0.3 is 36.1 Å². The van der Waals surface area contributed by atoms with Crippen molar-refractivity contribution in [2.45, 2.75) is 56.8 Å². The molecule has 0 N–H and O–H groups in total. The van der Waals surface area contributed by atoms with Gasteiger partial charge in [0.05, 0.1) is 6.61 Å². The Kier molecular flexibility index (Phi) is 8.59. The van der Waals surface area contributed by atoms with E-state index in [0.29, 0.717) is 6.42 Å². The molecule has 0 aliphatic rings. The highest BCUT2D eigenvalue weighted by atomic mass is 19.4. The second kappa shape index (κ2) is 9.18. The lowest BCUT2D eigenvalue weighted by atomic mass is 10.1. The van der Waals surface area contributed by atoms with Gasteiger partial charge in [-0.05, 0) is 12.8 Å². The number of carbonyl (C=O) groups is 2. The first-order valence-electron chi connectivity index (χ1n) is 7.02. The monoisotopic (exact) mass is 388 g/mol. The third kappa shape index (κ3) is 6.31. The first kappa shape index (κ1) is 23.4. The molecule has 0 aliphatic carbocycles. The number of halogens is 8. The zero-order chi connectivity index (χ0) is 19.9. The minimum Gasteiger partial charge on any atom is -0.466 e. The van der Waals surface area contributed by atoms with Crippen molar-refractivity contribution in [1.82, 2.24) is 0 Å². The molecule has 0 aromatic rings. The average molecular weight is 388 g/mol. The zero-order valence-electron chi connectivity index (χ0n) is 13.0. The van der Waals surface area contributed by atoms with Crippen LogP contribution >= 0.6 is 0 Å². The molecule has 25 heavy (non-hydrogen) atoms. The predicted octanol–water partition coefficient (Wildman–Crippen LogP) is 3.82. The number of hydrogen-bond donors (Lipinski definition) is 0. The summed E-state index contributed by atoms with van der Waals surface area (Å²) in [4.78, 5) is 22.2. The Bertz CT molecular complexity index is 453. The van der Waals surface area contributed by atoms with Gasteiger partial charge in [0.1, 0.15) is 0 Å². The van der Waals surface area contributed by atoms with E-state index in [0.717, 1.165) is 0 Å². The molecule has 0 fully saturated rings. The second-order valence-corrected chi connectivity index (χ2v) is 4.94. The summed E-state index contributed by atoms with van der Waals surface area (Å²) in [6.45, 7) is -0.664. The first-order valence-corrected chi connectivity index (χ1v) is 7.02. The fourth-order valence-electron chi connectivity index (χ4n) is 1.38. The van der Waals surface area contributed by atoms with E-state index in [-0.39, 0.29) is 19.4 Å². The fourth-order valence-corrected chi connectivity index (χ4v) is 1.38. The van der Waals surface area contributed by atoms with Crippen molar-refractivity contribution in [3.63, 3.8) is 0 Å². The molecule has 0 saturated heterocycles. The number of rotatable bonds is 11. The van der Waals surface area contributed by atoms with Crippen molar-refractivity contribution in [1.29, 1.82) is 0 Å². The van der Waals surface area contributed by atoms with Crippen LogP contribution in [-0.4, -0.2) is 49.3 Å². The summed E-state index contributed by atoms with van der Waals surface area (Å²) >= 11 is 0. The van der Waals surface area contributed by atoms with Crippen LogP contribution in [0.25, 0.3) is 0 Å². The van der Waals surface area contributed by atoms with Crippen molar-refractivity contribution in [2.75, 3.05) is 13.2 Å². The number of esters is 2. The summed E-state index contributed by atoms with van der Waals surface area (Å²) in [5.74, 6) is -20.6. The quantitative estimate of drug-likeness (QED) is 0.399. The van der Waals surface area contributed by atoms with Gasteiger partial charge in [0, 0.05) is 12.8 Å². The van der Waals surface area contributed by atoms with E-state index in [1.54, 1.807) is 6.92 Å². The lowest BCUT2D eigenvalue weighted by Gasteiger charge is -2.31. The fraction of sp³-hybridized carbons (Fsp3) is 0.846. The summed E-state index contributed by atoms with van der Waals surface area (Å²) in [7, 11) is 0. The van der Waals surface area contributed by atoms with Crippen molar-refractivity contribution in [3.05, 3.63) is 0 Å². The lowest BCUT2D eigenvalue weighted by molar-refractivity contribution is -0.344. The maximum Gasteiger partial charge on any atom is 0.381 e. The molecule has 0 spiro atoms. The summed E-state index contributed by atoms with van der Waals surface area (Å²) < 4.78 is 109. The molecule has 0 atom stereocenters.